The quantitative estimate of drug-likeness (QED) is 0.712. The van der Waals surface area contributed by atoms with E-state index in [1.54, 1.807) is 6.26 Å². The molecule has 0 aliphatic carbocycles. The molecule has 1 atom stereocenters. The van der Waals surface area contributed by atoms with E-state index < -0.39 is 11.8 Å². The Bertz CT molecular complexity index is 626. The summed E-state index contributed by atoms with van der Waals surface area (Å²) in [5, 5.41) is 12.2. The molecule has 0 spiro atoms. The molecule has 0 saturated heterocycles. The maximum atomic E-state index is 13.4. The van der Waals surface area contributed by atoms with Gasteiger partial charge < -0.3 is 20.6 Å². The van der Waals surface area contributed by atoms with Gasteiger partial charge in [-0.05, 0) is 37.6 Å². The summed E-state index contributed by atoms with van der Waals surface area (Å²) in [6.45, 7) is 1.91. The summed E-state index contributed by atoms with van der Waals surface area (Å²) < 4.78 is 18.6. The van der Waals surface area contributed by atoms with Crippen LogP contribution in [0, 0.1) is 5.82 Å². The average molecular weight is 292 g/mol. The summed E-state index contributed by atoms with van der Waals surface area (Å²) in [7, 11) is 0. The number of carboxylic acids is 1. The molecular weight excluding hydrogens is 275 g/mol. The normalized spacial score (nSPS) is 12.1. The maximum Gasteiger partial charge on any atom is 0.340 e. The van der Waals surface area contributed by atoms with Crippen LogP contribution in [-0.4, -0.2) is 17.1 Å². The molecule has 1 aromatic carbocycles. The SMILES string of the molecule is CC(CCc1ccco1)Nc1ccc(F)c(N)c1C(=O)O. The van der Waals surface area contributed by atoms with E-state index in [2.05, 4.69) is 5.32 Å². The predicted molar refractivity (Wildman–Crippen MR) is 77.9 cm³/mol. The first-order valence-corrected chi connectivity index (χ1v) is 6.59. The molecular formula is C15H17FN2O3. The number of rotatable bonds is 6. The number of anilines is 2. The van der Waals surface area contributed by atoms with E-state index in [-0.39, 0.29) is 17.3 Å². The van der Waals surface area contributed by atoms with Gasteiger partial charge >= 0.3 is 5.97 Å². The number of carboxylic acid groups (broad SMARTS) is 1. The molecule has 0 radical (unpaired) electrons. The van der Waals surface area contributed by atoms with Crippen molar-refractivity contribution in [3.8, 4) is 0 Å². The number of hydrogen-bond donors (Lipinski definition) is 3. The second-order valence-electron chi connectivity index (χ2n) is 4.85. The summed E-state index contributed by atoms with van der Waals surface area (Å²) in [6, 6.07) is 6.22. The van der Waals surface area contributed by atoms with E-state index in [9.17, 15) is 9.18 Å². The monoisotopic (exact) mass is 292 g/mol. The highest BCUT2D eigenvalue weighted by Gasteiger charge is 2.18. The van der Waals surface area contributed by atoms with Crippen molar-refractivity contribution in [3.63, 3.8) is 0 Å². The summed E-state index contributed by atoms with van der Waals surface area (Å²) in [6.07, 6.45) is 3.07. The minimum atomic E-state index is -1.26. The van der Waals surface area contributed by atoms with Crippen LogP contribution in [0.1, 0.15) is 29.5 Å². The van der Waals surface area contributed by atoms with E-state index in [0.717, 1.165) is 24.7 Å². The zero-order chi connectivity index (χ0) is 15.4. The van der Waals surface area contributed by atoms with Gasteiger partial charge in [0.15, 0.2) is 0 Å². The molecule has 0 amide bonds. The second kappa shape index (κ2) is 6.30. The van der Waals surface area contributed by atoms with Crippen molar-refractivity contribution in [3.05, 3.63) is 47.7 Å². The number of nitrogen functional groups attached to an aromatic ring is 1. The van der Waals surface area contributed by atoms with Crippen LogP contribution in [0.5, 0.6) is 0 Å². The predicted octanol–water partition coefficient (Wildman–Crippen LogP) is 3.13. The van der Waals surface area contributed by atoms with Gasteiger partial charge in [0, 0.05) is 12.5 Å². The number of hydrogen-bond acceptors (Lipinski definition) is 4. The van der Waals surface area contributed by atoms with Crippen LogP contribution in [0.2, 0.25) is 0 Å². The molecule has 5 nitrogen and oxygen atoms in total. The van der Waals surface area contributed by atoms with Gasteiger partial charge in [0.1, 0.15) is 17.1 Å². The van der Waals surface area contributed by atoms with E-state index >= 15 is 0 Å². The molecule has 0 bridgehead atoms. The Morgan fingerprint density at radius 1 is 1.48 bits per heavy atom. The largest absolute Gasteiger partial charge is 0.478 e. The Morgan fingerprint density at radius 3 is 2.86 bits per heavy atom. The van der Waals surface area contributed by atoms with Gasteiger partial charge in [-0.15, -0.1) is 0 Å². The van der Waals surface area contributed by atoms with Gasteiger partial charge in [0.05, 0.1) is 17.6 Å². The summed E-state index contributed by atoms with van der Waals surface area (Å²) in [4.78, 5) is 11.2. The molecule has 2 rings (SSSR count). The first-order chi connectivity index (χ1) is 9.99. The Morgan fingerprint density at radius 2 is 2.24 bits per heavy atom. The third-order valence-electron chi connectivity index (χ3n) is 3.21. The molecule has 2 aromatic rings. The average Bonchev–Trinajstić information content (AvgIpc) is 2.93. The molecule has 0 fully saturated rings. The highest BCUT2D eigenvalue weighted by molar-refractivity contribution is 6.00. The number of aromatic carboxylic acids is 1. The van der Waals surface area contributed by atoms with Gasteiger partial charge in [0.25, 0.3) is 0 Å². The lowest BCUT2D eigenvalue weighted by atomic mass is 10.1. The minimum Gasteiger partial charge on any atom is -0.478 e. The van der Waals surface area contributed by atoms with Crippen LogP contribution in [0.4, 0.5) is 15.8 Å². The van der Waals surface area contributed by atoms with E-state index in [1.807, 2.05) is 19.1 Å². The van der Waals surface area contributed by atoms with Crippen molar-refractivity contribution in [2.45, 2.75) is 25.8 Å². The molecule has 4 N–H and O–H groups in total. The molecule has 1 unspecified atom stereocenters. The molecule has 6 heteroatoms. The lowest BCUT2D eigenvalue weighted by Gasteiger charge is -2.17. The third-order valence-corrected chi connectivity index (χ3v) is 3.21. The van der Waals surface area contributed by atoms with Crippen LogP contribution >= 0.6 is 0 Å². The summed E-state index contributed by atoms with van der Waals surface area (Å²) in [5.41, 5.74) is 5.22. The molecule has 0 saturated carbocycles. The van der Waals surface area contributed by atoms with E-state index in [0.29, 0.717) is 5.69 Å². The Balaban J connectivity index is 2.08. The van der Waals surface area contributed by atoms with Crippen LogP contribution in [0.3, 0.4) is 0 Å². The van der Waals surface area contributed by atoms with Gasteiger partial charge in [-0.1, -0.05) is 0 Å². The van der Waals surface area contributed by atoms with E-state index in [4.69, 9.17) is 15.3 Å². The number of carbonyl (C=O) groups is 1. The Labute approximate surface area is 121 Å². The van der Waals surface area contributed by atoms with Crippen LogP contribution in [-0.2, 0) is 6.42 Å². The fourth-order valence-corrected chi connectivity index (χ4v) is 2.10. The minimum absolute atomic E-state index is 0.0157. The Hall–Kier alpha value is -2.50. The number of nitrogens with two attached hydrogens (primary N) is 1. The van der Waals surface area contributed by atoms with Crippen LogP contribution in [0.15, 0.2) is 34.9 Å². The standard InChI is InChI=1S/C15H17FN2O3/c1-9(4-5-10-3-2-8-21-10)18-12-7-6-11(16)14(17)13(12)15(19)20/h2-3,6-9,18H,4-5,17H2,1H3,(H,19,20). The van der Waals surface area contributed by atoms with Crippen molar-refractivity contribution in [2.75, 3.05) is 11.1 Å². The molecule has 0 aliphatic heterocycles. The maximum absolute atomic E-state index is 13.4. The van der Waals surface area contributed by atoms with Gasteiger partial charge in [-0.2, -0.15) is 0 Å². The lowest BCUT2D eigenvalue weighted by Crippen LogP contribution is -2.19. The Kier molecular flexibility index (Phi) is 4.47. The topological polar surface area (TPSA) is 88.5 Å². The second-order valence-corrected chi connectivity index (χ2v) is 4.85. The molecule has 0 aliphatic rings. The fourth-order valence-electron chi connectivity index (χ4n) is 2.10. The zero-order valence-electron chi connectivity index (χ0n) is 11.6. The van der Waals surface area contributed by atoms with Crippen molar-refractivity contribution in [1.82, 2.24) is 0 Å². The first-order valence-electron chi connectivity index (χ1n) is 6.59. The molecule has 1 aromatic heterocycles. The first kappa shape index (κ1) is 14.9. The number of furan rings is 1. The highest BCUT2D eigenvalue weighted by atomic mass is 19.1. The van der Waals surface area contributed by atoms with Gasteiger partial charge in [-0.25, -0.2) is 9.18 Å². The van der Waals surface area contributed by atoms with Gasteiger partial charge in [-0.3, -0.25) is 0 Å². The van der Waals surface area contributed by atoms with Crippen molar-refractivity contribution in [1.29, 1.82) is 0 Å². The smallest absolute Gasteiger partial charge is 0.340 e. The highest BCUT2D eigenvalue weighted by Crippen LogP contribution is 2.26. The van der Waals surface area contributed by atoms with Gasteiger partial charge in [0.2, 0.25) is 0 Å². The number of halogens is 1. The number of aryl methyl sites for hydroxylation is 1. The lowest BCUT2D eigenvalue weighted by molar-refractivity contribution is 0.0698. The number of nitrogens with one attached hydrogen (secondary N) is 1. The van der Waals surface area contributed by atoms with Crippen LogP contribution < -0.4 is 11.1 Å². The number of benzene rings is 1. The molecule has 21 heavy (non-hydrogen) atoms. The molecule has 112 valence electrons. The van der Waals surface area contributed by atoms with E-state index in [1.165, 1.54) is 6.07 Å². The van der Waals surface area contributed by atoms with Crippen molar-refractivity contribution < 1.29 is 18.7 Å². The summed E-state index contributed by atoms with van der Waals surface area (Å²) in [5.74, 6) is -1.13. The van der Waals surface area contributed by atoms with Crippen LogP contribution in [0.25, 0.3) is 0 Å². The third kappa shape index (κ3) is 3.53. The molecule has 1 heterocycles. The van der Waals surface area contributed by atoms with Crippen molar-refractivity contribution >= 4 is 17.3 Å². The fraction of sp³-hybridized carbons (Fsp3) is 0.267. The zero-order valence-corrected chi connectivity index (χ0v) is 11.6. The van der Waals surface area contributed by atoms with Crippen molar-refractivity contribution in [2.24, 2.45) is 0 Å². The summed E-state index contributed by atoms with van der Waals surface area (Å²) >= 11 is 0.